The van der Waals surface area contributed by atoms with Gasteiger partial charge in [0.2, 0.25) is 0 Å². The molecule has 4 rings (SSSR count). The van der Waals surface area contributed by atoms with Crippen LogP contribution in [-0.2, 0) is 11.2 Å². The van der Waals surface area contributed by atoms with Gasteiger partial charge in [-0.3, -0.25) is 9.59 Å². The number of fused-ring (bicyclic) bond motifs is 1. The lowest BCUT2D eigenvalue weighted by Crippen LogP contribution is -2.32. The van der Waals surface area contributed by atoms with Crippen molar-refractivity contribution in [3.8, 4) is 11.5 Å². The van der Waals surface area contributed by atoms with E-state index in [4.69, 9.17) is 9.47 Å². The SMILES string of the molecule is CC(C)CCOc1ccc(OC2CCN(c3ccc4c(c3)C(=O)CC4)C2=O)cc1. The molecule has 1 saturated heterocycles. The van der Waals surface area contributed by atoms with E-state index in [1.165, 1.54) is 0 Å². The molecule has 1 amide bonds. The molecule has 29 heavy (non-hydrogen) atoms. The molecule has 5 nitrogen and oxygen atoms in total. The second-order valence-electron chi connectivity index (χ2n) is 8.15. The highest BCUT2D eigenvalue weighted by atomic mass is 16.5. The van der Waals surface area contributed by atoms with Crippen molar-refractivity contribution in [1.82, 2.24) is 0 Å². The Kier molecular flexibility index (Phi) is 5.56. The molecule has 152 valence electrons. The molecule has 2 aromatic rings. The fourth-order valence-corrected chi connectivity index (χ4v) is 3.80. The topological polar surface area (TPSA) is 55.8 Å². The molecule has 0 spiro atoms. The van der Waals surface area contributed by atoms with Crippen LogP contribution in [0.2, 0.25) is 0 Å². The maximum absolute atomic E-state index is 12.9. The quantitative estimate of drug-likeness (QED) is 0.699. The van der Waals surface area contributed by atoms with E-state index in [9.17, 15) is 9.59 Å². The van der Waals surface area contributed by atoms with Gasteiger partial charge in [0.05, 0.1) is 6.61 Å². The van der Waals surface area contributed by atoms with E-state index in [0.717, 1.165) is 35.4 Å². The van der Waals surface area contributed by atoms with E-state index in [1.807, 2.05) is 42.5 Å². The summed E-state index contributed by atoms with van der Waals surface area (Å²) in [5, 5.41) is 0. The molecule has 2 aliphatic rings. The molecular formula is C24H27NO4. The van der Waals surface area contributed by atoms with Crippen LogP contribution in [0.25, 0.3) is 0 Å². The summed E-state index contributed by atoms with van der Waals surface area (Å²) in [5.41, 5.74) is 2.62. The number of amides is 1. The van der Waals surface area contributed by atoms with Gasteiger partial charge in [-0.2, -0.15) is 0 Å². The van der Waals surface area contributed by atoms with Crippen LogP contribution in [-0.4, -0.2) is 30.9 Å². The van der Waals surface area contributed by atoms with E-state index in [1.54, 1.807) is 4.90 Å². The number of Topliss-reactive ketones (excluding diaryl/α,β-unsaturated/α-hetero) is 1. The highest BCUT2D eigenvalue weighted by Gasteiger charge is 2.35. The fraction of sp³-hybridized carbons (Fsp3) is 0.417. The molecule has 0 saturated carbocycles. The van der Waals surface area contributed by atoms with Gasteiger partial charge >= 0.3 is 0 Å². The zero-order chi connectivity index (χ0) is 20.4. The van der Waals surface area contributed by atoms with Crippen LogP contribution >= 0.6 is 0 Å². The number of hydrogen-bond donors (Lipinski definition) is 0. The first-order valence-electron chi connectivity index (χ1n) is 10.4. The number of aryl methyl sites for hydroxylation is 1. The van der Waals surface area contributed by atoms with Crippen molar-refractivity contribution in [3.63, 3.8) is 0 Å². The van der Waals surface area contributed by atoms with Gasteiger partial charge in [0.15, 0.2) is 11.9 Å². The molecule has 0 radical (unpaired) electrons. The van der Waals surface area contributed by atoms with Crippen molar-refractivity contribution in [2.75, 3.05) is 18.1 Å². The standard InChI is InChI=1S/C24H27NO4/c1-16(2)12-14-28-19-6-8-20(9-7-19)29-23-11-13-25(24(23)27)18-5-3-17-4-10-22(26)21(17)15-18/h3,5-9,15-16,23H,4,10-14H2,1-2H3. The molecular weight excluding hydrogens is 366 g/mol. The first kappa shape index (κ1) is 19.5. The molecule has 1 atom stereocenters. The van der Waals surface area contributed by atoms with Crippen molar-refractivity contribution < 1.29 is 19.1 Å². The van der Waals surface area contributed by atoms with E-state index in [2.05, 4.69) is 13.8 Å². The largest absolute Gasteiger partial charge is 0.494 e. The summed E-state index contributed by atoms with van der Waals surface area (Å²) in [4.78, 5) is 26.6. The molecule has 1 heterocycles. The van der Waals surface area contributed by atoms with Crippen molar-refractivity contribution in [2.24, 2.45) is 5.92 Å². The Morgan fingerprint density at radius 1 is 1.03 bits per heavy atom. The Hall–Kier alpha value is -2.82. The summed E-state index contributed by atoms with van der Waals surface area (Å²) >= 11 is 0. The van der Waals surface area contributed by atoms with Crippen LogP contribution in [0.4, 0.5) is 5.69 Å². The van der Waals surface area contributed by atoms with Crippen LogP contribution < -0.4 is 14.4 Å². The summed E-state index contributed by atoms with van der Waals surface area (Å²) in [6, 6.07) is 13.2. The lowest BCUT2D eigenvalue weighted by atomic mass is 10.1. The lowest BCUT2D eigenvalue weighted by molar-refractivity contribution is -0.122. The van der Waals surface area contributed by atoms with Gasteiger partial charge < -0.3 is 14.4 Å². The second kappa shape index (κ2) is 8.27. The Balaban J connectivity index is 1.37. The molecule has 1 fully saturated rings. The third kappa shape index (κ3) is 4.29. The van der Waals surface area contributed by atoms with E-state index in [0.29, 0.717) is 37.7 Å². The minimum absolute atomic E-state index is 0.0624. The van der Waals surface area contributed by atoms with Crippen LogP contribution in [0.1, 0.15) is 49.0 Å². The molecule has 5 heteroatoms. The predicted octanol–water partition coefficient (Wildman–Crippen LogP) is 4.42. The summed E-state index contributed by atoms with van der Waals surface area (Å²) in [5.74, 6) is 2.17. The summed E-state index contributed by atoms with van der Waals surface area (Å²) in [6.45, 7) is 5.62. The normalized spacial score (nSPS) is 18.4. The first-order chi connectivity index (χ1) is 14.0. The Bertz CT molecular complexity index is 904. The summed E-state index contributed by atoms with van der Waals surface area (Å²) in [6.07, 6.45) is 2.49. The molecule has 1 aliphatic heterocycles. The number of rotatable bonds is 7. The van der Waals surface area contributed by atoms with Gasteiger partial charge in [-0.15, -0.1) is 0 Å². The predicted molar refractivity (Wildman–Crippen MR) is 112 cm³/mol. The maximum atomic E-state index is 12.9. The minimum Gasteiger partial charge on any atom is -0.494 e. The van der Waals surface area contributed by atoms with E-state index in [-0.39, 0.29) is 11.7 Å². The highest BCUT2D eigenvalue weighted by Crippen LogP contribution is 2.30. The van der Waals surface area contributed by atoms with Crippen molar-refractivity contribution in [3.05, 3.63) is 53.6 Å². The van der Waals surface area contributed by atoms with Gasteiger partial charge in [0.25, 0.3) is 5.91 Å². The van der Waals surface area contributed by atoms with Crippen LogP contribution in [0.3, 0.4) is 0 Å². The third-order valence-electron chi connectivity index (χ3n) is 5.55. The average molecular weight is 393 g/mol. The fourth-order valence-electron chi connectivity index (χ4n) is 3.80. The highest BCUT2D eigenvalue weighted by molar-refractivity contribution is 6.04. The lowest BCUT2D eigenvalue weighted by Gasteiger charge is -2.18. The van der Waals surface area contributed by atoms with E-state index >= 15 is 0 Å². The van der Waals surface area contributed by atoms with Gasteiger partial charge in [-0.25, -0.2) is 0 Å². The van der Waals surface area contributed by atoms with Crippen LogP contribution in [0, 0.1) is 5.92 Å². The number of anilines is 1. The number of ketones is 1. The number of carbonyl (C=O) groups excluding carboxylic acids is 2. The van der Waals surface area contributed by atoms with Crippen LogP contribution in [0.5, 0.6) is 11.5 Å². The Morgan fingerprint density at radius 2 is 1.79 bits per heavy atom. The minimum atomic E-state index is -0.508. The number of ether oxygens (including phenoxy) is 2. The van der Waals surface area contributed by atoms with Gasteiger partial charge in [-0.05, 0) is 60.7 Å². The average Bonchev–Trinajstić information content (AvgIpc) is 3.26. The molecule has 2 aromatic carbocycles. The number of nitrogens with zero attached hydrogens (tertiary/aromatic N) is 1. The number of benzene rings is 2. The zero-order valence-electron chi connectivity index (χ0n) is 17.0. The molecule has 1 aliphatic carbocycles. The molecule has 0 N–H and O–H groups in total. The van der Waals surface area contributed by atoms with Crippen molar-refractivity contribution in [2.45, 2.75) is 45.6 Å². The molecule has 0 aromatic heterocycles. The zero-order valence-corrected chi connectivity index (χ0v) is 17.0. The molecule has 1 unspecified atom stereocenters. The maximum Gasteiger partial charge on any atom is 0.268 e. The summed E-state index contributed by atoms with van der Waals surface area (Å²) < 4.78 is 11.7. The number of carbonyl (C=O) groups is 2. The summed E-state index contributed by atoms with van der Waals surface area (Å²) in [7, 11) is 0. The van der Waals surface area contributed by atoms with Gasteiger partial charge in [0.1, 0.15) is 11.5 Å². The van der Waals surface area contributed by atoms with Crippen LogP contribution in [0.15, 0.2) is 42.5 Å². The monoisotopic (exact) mass is 393 g/mol. The first-order valence-corrected chi connectivity index (χ1v) is 10.4. The van der Waals surface area contributed by atoms with Gasteiger partial charge in [0, 0.05) is 30.6 Å². The van der Waals surface area contributed by atoms with Crippen molar-refractivity contribution >= 4 is 17.4 Å². The second-order valence-corrected chi connectivity index (χ2v) is 8.15. The Morgan fingerprint density at radius 3 is 2.55 bits per heavy atom. The number of hydrogen-bond acceptors (Lipinski definition) is 4. The van der Waals surface area contributed by atoms with Crippen molar-refractivity contribution in [1.29, 1.82) is 0 Å². The third-order valence-corrected chi connectivity index (χ3v) is 5.55. The smallest absolute Gasteiger partial charge is 0.268 e. The van der Waals surface area contributed by atoms with E-state index < -0.39 is 6.10 Å². The molecule has 0 bridgehead atoms. The van der Waals surface area contributed by atoms with Gasteiger partial charge in [-0.1, -0.05) is 19.9 Å². The Labute approximate surface area is 171 Å².